The fourth-order valence-corrected chi connectivity index (χ4v) is 5.83. The molecule has 3 aromatic rings. The Labute approximate surface area is 229 Å². The number of piperidine rings is 1. The molecule has 1 aromatic heterocycles. The van der Waals surface area contributed by atoms with Gasteiger partial charge in [-0.05, 0) is 56.0 Å². The van der Waals surface area contributed by atoms with Gasteiger partial charge in [0.15, 0.2) is 0 Å². The zero-order chi connectivity index (χ0) is 26.6. The van der Waals surface area contributed by atoms with E-state index in [2.05, 4.69) is 0 Å². The van der Waals surface area contributed by atoms with Gasteiger partial charge in [-0.15, -0.1) is 0 Å². The second-order valence-corrected chi connectivity index (χ2v) is 10.9. The zero-order valence-corrected chi connectivity index (χ0v) is 22.9. The molecule has 0 N–H and O–H groups in total. The number of amides is 2. The smallest absolute Gasteiger partial charge is 0.257 e. The summed E-state index contributed by atoms with van der Waals surface area (Å²) in [6.07, 6.45) is 4.72. The first-order chi connectivity index (χ1) is 18.4. The minimum absolute atomic E-state index is 0.00873. The molecule has 0 bridgehead atoms. The first-order valence-electron chi connectivity index (χ1n) is 13.5. The Balaban J connectivity index is 1.33. The van der Waals surface area contributed by atoms with Gasteiger partial charge in [0.2, 0.25) is 5.91 Å². The molecule has 6 nitrogen and oxygen atoms in total. The maximum absolute atomic E-state index is 13.8. The van der Waals surface area contributed by atoms with Crippen LogP contribution in [0.15, 0.2) is 59.0 Å². The van der Waals surface area contributed by atoms with Crippen LogP contribution < -0.4 is 4.74 Å². The Morgan fingerprint density at radius 1 is 1.08 bits per heavy atom. The Bertz CT molecular complexity index is 1270. The molecule has 5 rings (SSSR count). The lowest BCUT2D eigenvalue weighted by Crippen LogP contribution is -2.49. The number of hydrogen-bond acceptors (Lipinski definition) is 4. The van der Waals surface area contributed by atoms with E-state index < -0.39 is 0 Å². The number of benzene rings is 2. The van der Waals surface area contributed by atoms with Crippen molar-refractivity contribution in [2.24, 2.45) is 5.92 Å². The Hall–Kier alpha value is -3.25. The molecule has 38 heavy (non-hydrogen) atoms. The number of carbonyl (C=O) groups excluding carboxylic acids is 2. The number of furan rings is 1. The molecule has 200 valence electrons. The number of halogens is 1. The fourth-order valence-electron chi connectivity index (χ4n) is 5.70. The molecule has 2 aromatic carbocycles. The summed E-state index contributed by atoms with van der Waals surface area (Å²) in [6.45, 7) is 3.46. The number of nitrogens with zero attached hydrogens (tertiary/aromatic N) is 2. The molecular weight excluding hydrogens is 500 g/mol. The minimum atomic E-state index is -0.186. The number of likely N-dealkylation sites (tertiary alicyclic amines) is 1. The summed E-state index contributed by atoms with van der Waals surface area (Å²) in [4.78, 5) is 30.8. The number of ether oxygens (including phenoxy) is 1. The molecule has 2 aliphatic rings. The third-order valence-corrected chi connectivity index (χ3v) is 7.99. The number of aryl methyl sites for hydroxylation is 2. The van der Waals surface area contributed by atoms with E-state index in [0.717, 1.165) is 48.1 Å². The lowest BCUT2D eigenvalue weighted by Gasteiger charge is -2.39. The first-order valence-corrected chi connectivity index (χ1v) is 13.9. The van der Waals surface area contributed by atoms with Crippen LogP contribution in [0.1, 0.15) is 58.7 Å². The van der Waals surface area contributed by atoms with Gasteiger partial charge >= 0.3 is 0 Å². The van der Waals surface area contributed by atoms with Gasteiger partial charge in [0.05, 0.1) is 5.56 Å². The standard InChI is InChI=1S/C31H35ClN2O4/c1-21-30(26-10-6-7-11-28(26)37-21)31(36)34-17-16-27(38-25-14-12-24(32)13-15-25)23(20-34)18-29(35)33(2)19-22-8-4-3-5-9-22/h3-5,8-9,12-15,23,27H,6-7,10-11,16-20H2,1-2H3/t23-,27-/m0/s1. The topological polar surface area (TPSA) is 63.0 Å². The Morgan fingerprint density at radius 2 is 1.82 bits per heavy atom. The molecule has 0 unspecified atom stereocenters. The maximum Gasteiger partial charge on any atom is 0.257 e. The highest BCUT2D eigenvalue weighted by Gasteiger charge is 2.37. The van der Waals surface area contributed by atoms with E-state index in [1.807, 2.05) is 61.3 Å². The number of hydrogen-bond donors (Lipinski definition) is 0. The second kappa shape index (κ2) is 11.6. The summed E-state index contributed by atoms with van der Waals surface area (Å²) < 4.78 is 12.4. The zero-order valence-electron chi connectivity index (χ0n) is 22.1. The SMILES string of the molecule is Cc1oc2c(c1C(=O)N1CC[C@H](Oc3ccc(Cl)cc3)[C@@H](CC(=O)N(C)Cc3ccccc3)C1)CCCC2. The highest BCUT2D eigenvalue weighted by Crippen LogP contribution is 2.33. The van der Waals surface area contributed by atoms with Gasteiger partial charge in [0, 0.05) is 62.4 Å². The quantitative estimate of drug-likeness (QED) is 0.368. The van der Waals surface area contributed by atoms with Crippen molar-refractivity contribution in [3.8, 4) is 5.75 Å². The summed E-state index contributed by atoms with van der Waals surface area (Å²) in [5, 5.41) is 0.644. The molecule has 0 radical (unpaired) electrons. The maximum atomic E-state index is 13.8. The molecule has 2 heterocycles. The molecule has 7 heteroatoms. The van der Waals surface area contributed by atoms with Gasteiger partial charge in [-0.3, -0.25) is 9.59 Å². The van der Waals surface area contributed by atoms with E-state index in [4.69, 9.17) is 20.8 Å². The summed E-state index contributed by atoms with van der Waals surface area (Å²) in [5.41, 5.74) is 2.88. The number of rotatable bonds is 7. The predicted molar refractivity (Wildman–Crippen MR) is 147 cm³/mol. The number of fused-ring (bicyclic) bond motifs is 1. The second-order valence-electron chi connectivity index (χ2n) is 10.5. The van der Waals surface area contributed by atoms with Crippen molar-refractivity contribution in [1.82, 2.24) is 9.80 Å². The highest BCUT2D eigenvalue weighted by molar-refractivity contribution is 6.30. The average molecular weight is 535 g/mol. The van der Waals surface area contributed by atoms with Crippen molar-refractivity contribution < 1.29 is 18.7 Å². The van der Waals surface area contributed by atoms with Gasteiger partial charge in [0.25, 0.3) is 5.91 Å². The molecule has 2 atom stereocenters. The summed E-state index contributed by atoms with van der Waals surface area (Å²) in [5.74, 6) is 2.29. The molecule has 1 fully saturated rings. The predicted octanol–water partition coefficient (Wildman–Crippen LogP) is 6.08. The molecule has 1 aliphatic carbocycles. The van der Waals surface area contributed by atoms with Crippen LogP contribution in [0.25, 0.3) is 0 Å². The van der Waals surface area contributed by atoms with Crippen LogP contribution in [0, 0.1) is 12.8 Å². The van der Waals surface area contributed by atoms with Crippen LogP contribution in [-0.2, 0) is 24.2 Å². The van der Waals surface area contributed by atoms with Crippen molar-refractivity contribution in [2.45, 2.75) is 58.1 Å². The van der Waals surface area contributed by atoms with Crippen LogP contribution >= 0.6 is 11.6 Å². The molecule has 0 saturated carbocycles. The van der Waals surface area contributed by atoms with Crippen molar-refractivity contribution in [3.63, 3.8) is 0 Å². The van der Waals surface area contributed by atoms with E-state index in [9.17, 15) is 9.59 Å². The summed E-state index contributed by atoms with van der Waals surface area (Å²) in [7, 11) is 1.83. The van der Waals surface area contributed by atoms with Gasteiger partial charge in [-0.25, -0.2) is 0 Å². The monoisotopic (exact) mass is 534 g/mol. The molecule has 2 amide bonds. The Kier molecular flexibility index (Phi) is 8.08. The third kappa shape index (κ3) is 5.91. The molecule has 0 spiro atoms. The van der Waals surface area contributed by atoms with E-state index in [0.29, 0.717) is 49.0 Å². The molecule has 1 aliphatic heterocycles. The largest absolute Gasteiger partial charge is 0.490 e. The summed E-state index contributed by atoms with van der Waals surface area (Å²) in [6, 6.07) is 17.3. The van der Waals surface area contributed by atoms with E-state index in [1.54, 1.807) is 17.0 Å². The van der Waals surface area contributed by atoms with Crippen LogP contribution in [0.2, 0.25) is 5.02 Å². The lowest BCUT2D eigenvalue weighted by molar-refractivity contribution is -0.133. The Morgan fingerprint density at radius 3 is 2.58 bits per heavy atom. The minimum Gasteiger partial charge on any atom is -0.490 e. The highest BCUT2D eigenvalue weighted by atomic mass is 35.5. The normalized spacial score (nSPS) is 19.1. The van der Waals surface area contributed by atoms with Crippen molar-refractivity contribution >= 4 is 23.4 Å². The molecule has 1 saturated heterocycles. The summed E-state index contributed by atoms with van der Waals surface area (Å²) >= 11 is 6.06. The van der Waals surface area contributed by atoms with E-state index in [1.165, 1.54) is 0 Å². The number of carbonyl (C=O) groups is 2. The van der Waals surface area contributed by atoms with E-state index in [-0.39, 0.29) is 23.8 Å². The van der Waals surface area contributed by atoms with Gasteiger partial charge in [-0.1, -0.05) is 41.9 Å². The van der Waals surface area contributed by atoms with Gasteiger partial charge < -0.3 is 19.0 Å². The van der Waals surface area contributed by atoms with Gasteiger partial charge in [0.1, 0.15) is 23.4 Å². The van der Waals surface area contributed by atoms with Crippen LogP contribution in [0.3, 0.4) is 0 Å². The van der Waals surface area contributed by atoms with Crippen LogP contribution in [-0.4, -0.2) is 47.9 Å². The van der Waals surface area contributed by atoms with E-state index >= 15 is 0 Å². The van der Waals surface area contributed by atoms with Crippen molar-refractivity contribution in [2.75, 3.05) is 20.1 Å². The third-order valence-electron chi connectivity index (χ3n) is 7.74. The average Bonchev–Trinajstić information content (AvgIpc) is 3.26. The van der Waals surface area contributed by atoms with Crippen LogP contribution in [0.5, 0.6) is 5.75 Å². The lowest BCUT2D eigenvalue weighted by atomic mass is 9.89. The van der Waals surface area contributed by atoms with Crippen molar-refractivity contribution in [3.05, 3.63) is 87.8 Å². The first kappa shape index (κ1) is 26.4. The fraction of sp³-hybridized carbons (Fsp3) is 0.419. The van der Waals surface area contributed by atoms with Crippen LogP contribution in [0.4, 0.5) is 0 Å². The van der Waals surface area contributed by atoms with Gasteiger partial charge in [-0.2, -0.15) is 0 Å². The van der Waals surface area contributed by atoms with Crippen molar-refractivity contribution in [1.29, 1.82) is 0 Å². The molecular formula is C31H35ClN2O4.